The maximum atomic E-state index is 8.25. The van der Waals surface area contributed by atoms with Crippen molar-refractivity contribution >= 4 is 50.7 Å². The van der Waals surface area contributed by atoms with Crippen LogP contribution in [0.3, 0.4) is 0 Å². The minimum absolute atomic E-state index is 0. The molecular formula is C2H3CaNaO4. The fourth-order valence-electron chi connectivity index (χ4n) is 0. The van der Waals surface area contributed by atoms with Crippen LogP contribution in [0.2, 0.25) is 0 Å². The van der Waals surface area contributed by atoms with Crippen LogP contribution in [0.4, 0.5) is 0 Å². The van der Waals surface area contributed by atoms with Crippen LogP contribution in [0.15, 0.2) is 0 Å². The topological polar surface area (TPSA) is 80.3 Å². The van der Waals surface area contributed by atoms with Crippen LogP contribution in [0, 0.1) is 0 Å². The van der Waals surface area contributed by atoms with Crippen molar-refractivity contribution < 1.29 is 50.8 Å². The van der Waals surface area contributed by atoms with E-state index in [1.807, 2.05) is 0 Å². The number of rotatable bonds is 0. The molecule has 0 amide bonds. The minimum atomic E-state index is -0.500. The van der Waals surface area contributed by atoms with Gasteiger partial charge in [-0.1, -0.05) is 0 Å². The normalized spacial score (nSPS) is 3.00. The van der Waals surface area contributed by atoms with Gasteiger partial charge in [-0.3, -0.25) is 0 Å². The Labute approximate surface area is 100 Å². The Kier molecular flexibility index (Phi) is 119. The zero-order valence-electron chi connectivity index (χ0n) is 5.49. The van der Waals surface area contributed by atoms with E-state index in [9.17, 15) is 0 Å². The molecule has 0 radical (unpaired) electrons. The molecule has 0 atom stereocenters. The monoisotopic (exact) mass is 154 g/mol. The van der Waals surface area contributed by atoms with Crippen molar-refractivity contribution in [2.45, 2.75) is 0 Å². The molecule has 0 aliphatic heterocycles. The Balaban J connectivity index is -0.00000000889. The molecule has 4 nitrogen and oxygen atoms in total. The van der Waals surface area contributed by atoms with Crippen LogP contribution in [-0.2, 0) is 9.59 Å². The summed E-state index contributed by atoms with van der Waals surface area (Å²) in [5.74, 6) is 0. The molecule has 0 rings (SSSR count). The molecule has 0 fully saturated rings. The standard InChI is InChI=1S/2CH2O2.Ca.Na.H/c2*2-1-3;;;/h2*1H,(H,2,3);;;/q;;+2;+1;-1/p-2. The SMILES string of the molecule is O=C[O-].O=C[O-].[Ca+2].[H-].[Na+]. The predicted octanol–water partition coefficient (Wildman–Crippen LogP) is -6.53. The smallest absolute Gasteiger partial charge is 1.00 e. The van der Waals surface area contributed by atoms with Gasteiger partial charge >= 0.3 is 67.3 Å². The van der Waals surface area contributed by atoms with Crippen molar-refractivity contribution in [3.8, 4) is 0 Å². The molecular weight excluding hydrogens is 151 g/mol. The van der Waals surface area contributed by atoms with E-state index < -0.39 is 12.9 Å². The zero-order valence-corrected chi connectivity index (χ0v) is 8.70. The summed E-state index contributed by atoms with van der Waals surface area (Å²) >= 11 is 0. The molecule has 38 valence electrons. The summed E-state index contributed by atoms with van der Waals surface area (Å²) in [6.45, 7) is -1.00. The van der Waals surface area contributed by atoms with Gasteiger partial charge in [0.2, 0.25) is 0 Å². The van der Waals surface area contributed by atoms with Crippen molar-refractivity contribution in [1.29, 1.82) is 0 Å². The number of carbonyl (C=O) groups excluding carboxylic acids is 2. The van der Waals surface area contributed by atoms with Crippen LogP contribution < -0.4 is 39.8 Å². The maximum Gasteiger partial charge on any atom is 2.00 e. The van der Waals surface area contributed by atoms with Gasteiger partial charge in [0.15, 0.2) is 0 Å². The molecule has 0 spiro atoms. The Hall–Kier alpha value is 1.20. The summed E-state index contributed by atoms with van der Waals surface area (Å²) in [6, 6.07) is 0. The zero-order chi connectivity index (χ0) is 5.41. The van der Waals surface area contributed by atoms with Crippen LogP contribution in [-0.4, -0.2) is 50.7 Å². The van der Waals surface area contributed by atoms with E-state index in [0.717, 1.165) is 0 Å². The summed E-state index contributed by atoms with van der Waals surface area (Å²) < 4.78 is 0. The maximum absolute atomic E-state index is 8.25. The second kappa shape index (κ2) is 41.5. The van der Waals surface area contributed by atoms with Gasteiger partial charge in [0, 0.05) is 12.9 Å². The Morgan fingerprint density at radius 2 is 1.12 bits per heavy atom. The Bertz CT molecular complexity index is 39.5. The first-order valence-corrected chi connectivity index (χ1v) is 0.943. The predicted molar refractivity (Wildman–Crippen MR) is 19.0 cm³/mol. The van der Waals surface area contributed by atoms with Gasteiger partial charge in [-0.2, -0.15) is 0 Å². The summed E-state index contributed by atoms with van der Waals surface area (Å²) in [5.41, 5.74) is 0. The van der Waals surface area contributed by atoms with Crippen LogP contribution >= 0.6 is 0 Å². The fourth-order valence-corrected chi connectivity index (χ4v) is 0. The molecule has 0 N–H and O–H groups in total. The largest absolute Gasteiger partial charge is 2.00 e. The molecule has 8 heavy (non-hydrogen) atoms. The van der Waals surface area contributed by atoms with Crippen molar-refractivity contribution in [3.05, 3.63) is 0 Å². The first kappa shape index (κ1) is 22.9. The number of carbonyl (C=O) groups is 2. The molecule has 0 saturated heterocycles. The second-order valence-electron chi connectivity index (χ2n) is 0.192. The van der Waals surface area contributed by atoms with E-state index >= 15 is 0 Å². The third kappa shape index (κ3) is 192. The first-order valence-electron chi connectivity index (χ1n) is 0.943. The molecule has 0 saturated carbocycles. The van der Waals surface area contributed by atoms with Gasteiger partial charge in [-0.25, -0.2) is 0 Å². The quantitative estimate of drug-likeness (QED) is 0.256. The summed E-state index contributed by atoms with van der Waals surface area (Å²) in [6.07, 6.45) is 0. The van der Waals surface area contributed by atoms with Gasteiger partial charge in [0.05, 0.1) is 0 Å². The van der Waals surface area contributed by atoms with Crippen LogP contribution in [0.1, 0.15) is 1.43 Å². The third-order valence-corrected chi connectivity index (χ3v) is 0. The minimum Gasteiger partial charge on any atom is -1.00 e. The van der Waals surface area contributed by atoms with E-state index in [2.05, 4.69) is 0 Å². The van der Waals surface area contributed by atoms with E-state index in [1.54, 1.807) is 0 Å². The molecule has 0 aliphatic rings. The first-order chi connectivity index (χ1) is 2.83. The fraction of sp³-hybridized carbons (Fsp3) is 0. The summed E-state index contributed by atoms with van der Waals surface area (Å²) in [4.78, 5) is 16.5. The van der Waals surface area contributed by atoms with E-state index in [1.165, 1.54) is 0 Å². The molecule has 0 bridgehead atoms. The van der Waals surface area contributed by atoms with Gasteiger partial charge in [-0.15, -0.1) is 0 Å². The summed E-state index contributed by atoms with van der Waals surface area (Å²) in [7, 11) is 0. The molecule has 0 heterocycles. The Morgan fingerprint density at radius 3 is 1.12 bits per heavy atom. The molecule has 0 aromatic rings. The van der Waals surface area contributed by atoms with E-state index in [4.69, 9.17) is 19.8 Å². The van der Waals surface area contributed by atoms with Crippen molar-refractivity contribution in [2.24, 2.45) is 0 Å². The number of hydrogen-bond acceptors (Lipinski definition) is 4. The third-order valence-electron chi connectivity index (χ3n) is 0. The average Bonchev–Trinajstić information content (AvgIpc) is 1.39. The molecule has 0 aromatic carbocycles. The van der Waals surface area contributed by atoms with Gasteiger partial charge < -0.3 is 21.2 Å². The molecule has 0 aliphatic carbocycles. The average molecular weight is 154 g/mol. The van der Waals surface area contributed by atoms with Gasteiger partial charge in [0.1, 0.15) is 0 Å². The summed E-state index contributed by atoms with van der Waals surface area (Å²) in [5, 5.41) is 16.5. The van der Waals surface area contributed by atoms with Crippen molar-refractivity contribution in [3.63, 3.8) is 0 Å². The van der Waals surface area contributed by atoms with E-state index in [0.29, 0.717) is 0 Å². The molecule has 0 unspecified atom stereocenters. The van der Waals surface area contributed by atoms with Gasteiger partial charge in [0.25, 0.3) is 0 Å². The second-order valence-corrected chi connectivity index (χ2v) is 0.192. The van der Waals surface area contributed by atoms with Crippen molar-refractivity contribution in [2.75, 3.05) is 0 Å². The Morgan fingerprint density at radius 1 is 1.12 bits per heavy atom. The van der Waals surface area contributed by atoms with Gasteiger partial charge in [-0.05, 0) is 0 Å². The van der Waals surface area contributed by atoms with E-state index in [-0.39, 0.29) is 68.7 Å². The molecule has 0 aromatic heterocycles. The van der Waals surface area contributed by atoms with Crippen LogP contribution in [0.5, 0.6) is 0 Å². The number of hydrogen-bond donors (Lipinski definition) is 0. The van der Waals surface area contributed by atoms with Crippen LogP contribution in [0.25, 0.3) is 0 Å². The molecule has 6 heteroatoms. The number of carboxylic acid groups (broad SMARTS) is 2. The van der Waals surface area contributed by atoms with Crippen molar-refractivity contribution in [1.82, 2.24) is 0 Å².